The molecule has 0 saturated carbocycles. The highest BCUT2D eigenvalue weighted by Gasteiger charge is 2.15. The Morgan fingerprint density at radius 3 is 2.60 bits per heavy atom. The summed E-state index contributed by atoms with van der Waals surface area (Å²) in [6.45, 7) is 3.79. The number of nitrogens with one attached hydrogen (secondary N) is 1. The van der Waals surface area contributed by atoms with Crippen molar-refractivity contribution in [2.75, 3.05) is 5.32 Å². The van der Waals surface area contributed by atoms with Gasteiger partial charge in [-0.3, -0.25) is 10.1 Å². The highest BCUT2D eigenvalue weighted by atomic mass is 79.9. The molecule has 2 aromatic rings. The van der Waals surface area contributed by atoms with E-state index in [1.807, 2.05) is 37.3 Å². The van der Waals surface area contributed by atoms with Crippen LogP contribution in [0.1, 0.15) is 24.1 Å². The van der Waals surface area contributed by atoms with Crippen LogP contribution in [-0.4, -0.2) is 4.92 Å². The summed E-state index contributed by atoms with van der Waals surface area (Å²) in [5.74, 6) is 0. The lowest BCUT2D eigenvalue weighted by atomic mass is 10.1. The molecule has 0 aliphatic carbocycles. The number of anilines is 1. The summed E-state index contributed by atoms with van der Waals surface area (Å²) in [6.07, 6.45) is 0. The smallest absolute Gasteiger partial charge is 0.274 e. The van der Waals surface area contributed by atoms with Crippen LogP contribution in [0.5, 0.6) is 0 Å². The molecule has 5 heteroatoms. The van der Waals surface area contributed by atoms with Crippen LogP contribution in [0.25, 0.3) is 0 Å². The Labute approximate surface area is 126 Å². The molecule has 2 rings (SSSR count). The minimum Gasteiger partial charge on any atom is -0.378 e. The van der Waals surface area contributed by atoms with Gasteiger partial charge in [0.05, 0.1) is 4.92 Å². The second-order valence-electron chi connectivity index (χ2n) is 4.63. The third-order valence-corrected chi connectivity index (χ3v) is 3.72. The van der Waals surface area contributed by atoms with Crippen LogP contribution in [0, 0.1) is 17.0 Å². The molecule has 2 aromatic carbocycles. The van der Waals surface area contributed by atoms with Crippen molar-refractivity contribution in [3.63, 3.8) is 0 Å². The highest BCUT2D eigenvalue weighted by molar-refractivity contribution is 9.10. The van der Waals surface area contributed by atoms with Crippen molar-refractivity contribution in [2.45, 2.75) is 19.9 Å². The molecule has 0 bridgehead atoms. The summed E-state index contributed by atoms with van der Waals surface area (Å²) in [4.78, 5) is 10.6. The van der Waals surface area contributed by atoms with E-state index in [0.29, 0.717) is 5.56 Å². The van der Waals surface area contributed by atoms with Crippen molar-refractivity contribution in [1.82, 2.24) is 0 Å². The summed E-state index contributed by atoms with van der Waals surface area (Å²) in [5.41, 5.74) is 2.69. The molecule has 0 spiro atoms. The Bertz CT molecular complexity index is 644. The van der Waals surface area contributed by atoms with Gasteiger partial charge in [0.25, 0.3) is 5.69 Å². The molecule has 0 radical (unpaired) electrons. The van der Waals surface area contributed by atoms with Crippen LogP contribution < -0.4 is 5.32 Å². The van der Waals surface area contributed by atoms with E-state index in [-0.39, 0.29) is 16.7 Å². The Balaban J connectivity index is 2.26. The van der Waals surface area contributed by atoms with Gasteiger partial charge in [0, 0.05) is 27.8 Å². The highest BCUT2D eigenvalue weighted by Crippen LogP contribution is 2.28. The minimum atomic E-state index is -0.357. The lowest BCUT2D eigenvalue weighted by Crippen LogP contribution is -2.08. The quantitative estimate of drug-likeness (QED) is 0.642. The topological polar surface area (TPSA) is 55.2 Å². The van der Waals surface area contributed by atoms with E-state index in [0.717, 1.165) is 15.7 Å². The van der Waals surface area contributed by atoms with Gasteiger partial charge in [-0.2, -0.15) is 0 Å². The lowest BCUT2D eigenvalue weighted by Gasteiger charge is -2.17. The molecule has 0 heterocycles. The fourth-order valence-electron chi connectivity index (χ4n) is 2.07. The summed E-state index contributed by atoms with van der Waals surface area (Å²) in [7, 11) is 0. The molecule has 1 unspecified atom stereocenters. The number of nitrogens with zero attached hydrogens (tertiary/aromatic N) is 1. The Kier molecular flexibility index (Phi) is 4.39. The average Bonchev–Trinajstić information content (AvgIpc) is 2.40. The van der Waals surface area contributed by atoms with Gasteiger partial charge in [-0.15, -0.1) is 0 Å². The fraction of sp³-hybridized carbons (Fsp3) is 0.200. The maximum Gasteiger partial charge on any atom is 0.274 e. The SMILES string of the molecule is Cc1c(NC(C)c2cccc(Br)c2)cccc1[N+](=O)[O-]. The van der Waals surface area contributed by atoms with E-state index in [4.69, 9.17) is 0 Å². The van der Waals surface area contributed by atoms with Crippen LogP contribution in [0.15, 0.2) is 46.9 Å². The zero-order valence-corrected chi connectivity index (χ0v) is 12.8. The lowest BCUT2D eigenvalue weighted by molar-refractivity contribution is -0.385. The predicted octanol–water partition coefficient (Wildman–Crippen LogP) is 4.84. The minimum absolute atomic E-state index is 0.0632. The van der Waals surface area contributed by atoms with Crippen LogP contribution in [-0.2, 0) is 0 Å². The van der Waals surface area contributed by atoms with E-state index in [1.165, 1.54) is 6.07 Å². The zero-order chi connectivity index (χ0) is 14.7. The number of rotatable bonds is 4. The molecule has 0 aromatic heterocycles. The van der Waals surface area contributed by atoms with Gasteiger partial charge in [0.1, 0.15) is 0 Å². The molecule has 0 fully saturated rings. The van der Waals surface area contributed by atoms with Crippen molar-refractivity contribution in [3.05, 3.63) is 68.2 Å². The zero-order valence-electron chi connectivity index (χ0n) is 11.3. The normalized spacial score (nSPS) is 11.9. The predicted molar refractivity (Wildman–Crippen MR) is 84.0 cm³/mol. The largest absolute Gasteiger partial charge is 0.378 e. The van der Waals surface area contributed by atoms with Crippen LogP contribution in [0.4, 0.5) is 11.4 Å². The summed E-state index contributed by atoms with van der Waals surface area (Å²) >= 11 is 3.44. The number of nitro benzene ring substituents is 1. The van der Waals surface area contributed by atoms with Crippen molar-refractivity contribution >= 4 is 27.3 Å². The second kappa shape index (κ2) is 6.05. The second-order valence-corrected chi connectivity index (χ2v) is 5.54. The van der Waals surface area contributed by atoms with Crippen molar-refractivity contribution in [2.24, 2.45) is 0 Å². The molecule has 1 N–H and O–H groups in total. The number of hydrogen-bond donors (Lipinski definition) is 1. The van der Waals surface area contributed by atoms with Gasteiger partial charge in [-0.05, 0) is 37.6 Å². The fourth-order valence-corrected chi connectivity index (χ4v) is 2.49. The Morgan fingerprint density at radius 1 is 1.25 bits per heavy atom. The maximum atomic E-state index is 10.9. The van der Waals surface area contributed by atoms with Crippen LogP contribution in [0.3, 0.4) is 0 Å². The third-order valence-electron chi connectivity index (χ3n) is 3.22. The van der Waals surface area contributed by atoms with Gasteiger partial charge < -0.3 is 5.32 Å². The number of nitro groups is 1. The van der Waals surface area contributed by atoms with E-state index >= 15 is 0 Å². The first-order valence-corrected chi connectivity index (χ1v) is 7.04. The molecule has 0 aliphatic rings. The summed E-state index contributed by atoms with van der Waals surface area (Å²) in [5, 5.41) is 14.3. The standard InChI is InChI=1S/C15H15BrN2O2/c1-10-14(7-4-8-15(10)18(19)20)17-11(2)12-5-3-6-13(16)9-12/h3-9,11,17H,1-2H3. The van der Waals surface area contributed by atoms with Crippen molar-refractivity contribution in [3.8, 4) is 0 Å². The van der Waals surface area contributed by atoms with Crippen molar-refractivity contribution in [1.29, 1.82) is 0 Å². The van der Waals surface area contributed by atoms with Crippen molar-refractivity contribution < 1.29 is 4.92 Å². The first-order valence-electron chi connectivity index (χ1n) is 6.25. The summed E-state index contributed by atoms with van der Waals surface area (Å²) in [6, 6.07) is 13.1. The molecule has 0 amide bonds. The maximum absolute atomic E-state index is 10.9. The first-order chi connectivity index (χ1) is 9.49. The number of hydrogen-bond acceptors (Lipinski definition) is 3. The van der Waals surface area contributed by atoms with Gasteiger partial charge in [-0.1, -0.05) is 34.1 Å². The molecule has 104 valence electrons. The van der Waals surface area contributed by atoms with E-state index in [9.17, 15) is 10.1 Å². The number of benzene rings is 2. The van der Waals surface area contributed by atoms with Crippen LogP contribution in [0.2, 0.25) is 0 Å². The molecule has 20 heavy (non-hydrogen) atoms. The van der Waals surface area contributed by atoms with Crippen LogP contribution >= 0.6 is 15.9 Å². The molecule has 0 aliphatic heterocycles. The van der Waals surface area contributed by atoms with E-state index < -0.39 is 0 Å². The van der Waals surface area contributed by atoms with Gasteiger partial charge in [0.2, 0.25) is 0 Å². The van der Waals surface area contributed by atoms with Gasteiger partial charge in [-0.25, -0.2) is 0 Å². The molecule has 1 atom stereocenters. The number of halogens is 1. The molecule has 0 saturated heterocycles. The molecule has 4 nitrogen and oxygen atoms in total. The summed E-state index contributed by atoms with van der Waals surface area (Å²) < 4.78 is 1.01. The Hall–Kier alpha value is -1.88. The molecular formula is C15H15BrN2O2. The van der Waals surface area contributed by atoms with Gasteiger partial charge >= 0.3 is 0 Å². The van der Waals surface area contributed by atoms with Gasteiger partial charge in [0.15, 0.2) is 0 Å². The monoisotopic (exact) mass is 334 g/mol. The average molecular weight is 335 g/mol. The molecular weight excluding hydrogens is 320 g/mol. The Morgan fingerprint density at radius 2 is 1.95 bits per heavy atom. The third kappa shape index (κ3) is 3.17. The van der Waals surface area contributed by atoms with E-state index in [2.05, 4.69) is 21.2 Å². The van der Waals surface area contributed by atoms with E-state index in [1.54, 1.807) is 13.0 Å². The first kappa shape index (κ1) is 14.5.